The predicted molar refractivity (Wildman–Crippen MR) is 104 cm³/mol. The number of para-hydroxylation sites is 1. The topological polar surface area (TPSA) is 50.7 Å². The molecule has 2 N–H and O–H groups in total. The zero-order chi connectivity index (χ0) is 18.3. The van der Waals surface area contributed by atoms with Crippen LogP contribution in [0.3, 0.4) is 0 Å². The van der Waals surface area contributed by atoms with E-state index < -0.39 is 6.10 Å². The average Bonchev–Trinajstić information content (AvgIpc) is 2.61. The molecule has 1 unspecified atom stereocenters. The van der Waals surface area contributed by atoms with Gasteiger partial charge in [0.2, 0.25) is 0 Å². The Morgan fingerprint density at radius 1 is 1.12 bits per heavy atom. The summed E-state index contributed by atoms with van der Waals surface area (Å²) in [6.45, 7) is 4.50. The number of β-amino-alcohol motifs (C(OH)–C–C–N with tert-alkyl or cyclic N) is 1. The molecule has 2 rings (SSSR count). The van der Waals surface area contributed by atoms with E-state index in [-0.39, 0.29) is 30.4 Å². The highest BCUT2D eigenvalue weighted by Crippen LogP contribution is 2.20. The summed E-state index contributed by atoms with van der Waals surface area (Å²) < 4.78 is 24.6. The summed E-state index contributed by atoms with van der Waals surface area (Å²) in [7, 11) is 1.51. The summed E-state index contributed by atoms with van der Waals surface area (Å²) in [4.78, 5) is 0. The Hall–Kier alpha value is -1.82. The lowest BCUT2D eigenvalue weighted by Gasteiger charge is -2.28. The second-order valence-electron chi connectivity index (χ2n) is 6.68. The van der Waals surface area contributed by atoms with E-state index in [4.69, 9.17) is 9.47 Å². The van der Waals surface area contributed by atoms with Gasteiger partial charge in [-0.2, -0.15) is 0 Å². The van der Waals surface area contributed by atoms with Gasteiger partial charge in [0.1, 0.15) is 30.0 Å². The average molecular weight is 384 g/mol. The van der Waals surface area contributed by atoms with Gasteiger partial charge in [-0.1, -0.05) is 24.3 Å². The van der Waals surface area contributed by atoms with Crippen LogP contribution in [0.4, 0.5) is 4.39 Å². The Morgan fingerprint density at radius 3 is 2.42 bits per heavy atom. The summed E-state index contributed by atoms with van der Waals surface area (Å²) >= 11 is 0. The van der Waals surface area contributed by atoms with Crippen molar-refractivity contribution < 1.29 is 19.0 Å². The quantitative estimate of drug-likeness (QED) is 0.694. The van der Waals surface area contributed by atoms with Gasteiger partial charge in [0.15, 0.2) is 0 Å². The van der Waals surface area contributed by atoms with Gasteiger partial charge < -0.3 is 19.9 Å². The third kappa shape index (κ3) is 7.20. The van der Waals surface area contributed by atoms with Crippen molar-refractivity contribution in [1.82, 2.24) is 5.32 Å². The highest BCUT2D eigenvalue weighted by Gasteiger charge is 2.21. The third-order valence-electron chi connectivity index (χ3n) is 3.89. The zero-order valence-electron chi connectivity index (χ0n) is 15.4. The normalized spacial score (nSPS) is 12.2. The number of rotatable bonds is 9. The van der Waals surface area contributed by atoms with Crippen LogP contribution in [-0.2, 0) is 6.42 Å². The molecule has 6 heteroatoms. The molecule has 2 aromatic carbocycles. The van der Waals surface area contributed by atoms with Gasteiger partial charge >= 0.3 is 0 Å². The highest BCUT2D eigenvalue weighted by atomic mass is 35.5. The molecule has 2 aromatic rings. The summed E-state index contributed by atoms with van der Waals surface area (Å²) in [5.41, 5.74) is 0.233. The van der Waals surface area contributed by atoms with Gasteiger partial charge in [-0.15, -0.1) is 12.4 Å². The molecule has 26 heavy (non-hydrogen) atoms. The molecule has 0 bridgehead atoms. The second kappa shape index (κ2) is 10.4. The van der Waals surface area contributed by atoms with Crippen LogP contribution < -0.4 is 14.8 Å². The number of nitrogens with one attached hydrogen (secondary N) is 1. The maximum atomic E-state index is 14.1. The Bertz CT molecular complexity index is 667. The number of aliphatic hydroxyl groups excluding tert-OH is 1. The van der Waals surface area contributed by atoms with Crippen molar-refractivity contribution >= 4 is 12.4 Å². The van der Waals surface area contributed by atoms with E-state index in [0.717, 1.165) is 5.75 Å². The molecule has 0 aliphatic rings. The van der Waals surface area contributed by atoms with E-state index >= 15 is 0 Å². The van der Waals surface area contributed by atoms with Crippen LogP contribution in [0, 0.1) is 5.82 Å². The molecule has 0 saturated heterocycles. The number of methoxy groups -OCH3 is 1. The summed E-state index contributed by atoms with van der Waals surface area (Å²) in [5.74, 6) is 0.934. The lowest BCUT2D eigenvalue weighted by atomic mass is 9.94. The SMILES string of the molecule is COc1ccc(CC(C)(C)NCC(O)COc2ccccc2)c(F)c1.Cl. The molecule has 0 heterocycles. The molecule has 4 nitrogen and oxygen atoms in total. The molecular weight excluding hydrogens is 357 g/mol. The van der Waals surface area contributed by atoms with Crippen molar-refractivity contribution in [3.8, 4) is 11.5 Å². The molecule has 0 fully saturated rings. The van der Waals surface area contributed by atoms with Gasteiger partial charge in [-0.25, -0.2) is 4.39 Å². The fourth-order valence-electron chi connectivity index (χ4n) is 2.50. The van der Waals surface area contributed by atoms with E-state index in [1.807, 2.05) is 44.2 Å². The van der Waals surface area contributed by atoms with E-state index in [2.05, 4.69) is 5.32 Å². The van der Waals surface area contributed by atoms with E-state index in [0.29, 0.717) is 24.3 Å². The monoisotopic (exact) mass is 383 g/mol. The van der Waals surface area contributed by atoms with Crippen LogP contribution in [-0.4, -0.2) is 37.0 Å². The number of benzene rings is 2. The summed E-state index contributed by atoms with van der Waals surface area (Å²) in [6, 6.07) is 14.2. The number of aliphatic hydroxyl groups is 1. The first-order valence-corrected chi connectivity index (χ1v) is 8.33. The summed E-state index contributed by atoms with van der Waals surface area (Å²) in [6.07, 6.45) is -0.157. The standard InChI is InChI=1S/C20H26FNO3.ClH/c1-20(2,12-15-9-10-18(24-3)11-19(15)21)22-13-16(23)14-25-17-7-5-4-6-8-17;/h4-11,16,22-23H,12-14H2,1-3H3;1H. The first-order valence-electron chi connectivity index (χ1n) is 8.33. The Morgan fingerprint density at radius 2 is 1.81 bits per heavy atom. The van der Waals surface area contributed by atoms with Crippen molar-refractivity contribution in [2.24, 2.45) is 0 Å². The third-order valence-corrected chi connectivity index (χ3v) is 3.89. The summed E-state index contributed by atoms with van der Waals surface area (Å²) in [5, 5.41) is 13.4. The molecule has 0 aromatic heterocycles. The van der Waals surface area contributed by atoms with Gasteiger partial charge in [-0.3, -0.25) is 0 Å². The lowest BCUT2D eigenvalue weighted by Crippen LogP contribution is -2.46. The molecule has 0 spiro atoms. The maximum absolute atomic E-state index is 14.1. The van der Waals surface area contributed by atoms with Gasteiger partial charge in [-0.05, 0) is 44.0 Å². The fourth-order valence-corrected chi connectivity index (χ4v) is 2.50. The minimum Gasteiger partial charge on any atom is -0.497 e. The lowest BCUT2D eigenvalue weighted by molar-refractivity contribution is 0.0988. The molecule has 0 radical (unpaired) electrons. The predicted octanol–water partition coefficient (Wildman–Crippen LogP) is 3.61. The van der Waals surface area contributed by atoms with E-state index in [1.165, 1.54) is 13.2 Å². The first-order chi connectivity index (χ1) is 11.9. The maximum Gasteiger partial charge on any atom is 0.130 e. The van der Waals surface area contributed by atoms with Crippen molar-refractivity contribution in [2.45, 2.75) is 31.9 Å². The van der Waals surface area contributed by atoms with E-state index in [9.17, 15) is 9.50 Å². The van der Waals surface area contributed by atoms with Gasteiger partial charge in [0.05, 0.1) is 7.11 Å². The van der Waals surface area contributed by atoms with Crippen LogP contribution in [0.15, 0.2) is 48.5 Å². The number of hydrogen-bond donors (Lipinski definition) is 2. The van der Waals surface area contributed by atoms with Crippen LogP contribution in [0.25, 0.3) is 0 Å². The minimum atomic E-state index is -0.653. The van der Waals surface area contributed by atoms with Crippen LogP contribution >= 0.6 is 12.4 Å². The van der Waals surface area contributed by atoms with Crippen LogP contribution in [0.2, 0.25) is 0 Å². The molecule has 0 amide bonds. The molecular formula is C20H27ClFNO3. The fraction of sp³-hybridized carbons (Fsp3) is 0.400. The van der Waals surface area contributed by atoms with Gasteiger partial charge in [0, 0.05) is 18.2 Å². The van der Waals surface area contributed by atoms with Crippen molar-refractivity contribution in [3.05, 3.63) is 59.9 Å². The highest BCUT2D eigenvalue weighted by molar-refractivity contribution is 5.85. The Kier molecular flexibility index (Phi) is 8.85. The van der Waals surface area contributed by atoms with Crippen LogP contribution in [0.5, 0.6) is 11.5 Å². The van der Waals surface area contributed by atoms with Crippen LogP contribution in [0.1, 0.15) is 19.4 Å². The van der Waals surface area contributed by atoms with E-state index in [1.54, 1.807) is 12.1 Å². The second-order valence-corrected chi connectivity index (χ2v) is 6.68. The van der Waals surface area contributed by atoms with Crippen molar-refractivity contribution in [3.63, 3.8) is 0 Å². The first kappa shape index (κ1) is 22.2. The van der Waals surface area contributed by atoms with Gasteiger partial charge in [0.25, 0.3) is 0 Å². The zero-order valence-corrected chi connectivity index (χ0v) is 16.2. The number of ether oxygens (including phenoxy) is 2. The Labute approximate surface area is 160 Å². The van der Waals surface area contributed by atoms with Crippen molar-refractivity contribution in [1.29, 1.82) is 0 Å². The molecule has 0 aliphatic heterocycles. The number of halogens is 2. The van der Waals surface area contributed by atoms with Crippen molar-refractivity contribution in [2.75, 3.05) is 20.3 Å². The molecule has 0 aliphatic carbocycles. The largest absolute Gasteiger partial charge is 0.497 e. The smallest absolute Gasteiger partial charge is 0.130 e. The molecule has 1 atom stereocenters. The Balaban J connectivity index is 0.00000338. The molecule has 0 saturated carbocycles. The number of hydrogen-bond acceptors (Lipinski definition) is 4. The minimum absolute atomic E-state index is 0. The molecule has 144 valence electrons.